The zero-order valence-electron chi connectivity index (χ0n) is 11.5. The number of thioether (sulfide) groups is 1. The molecule has 3 heteroatoms. The maximum atomic E-state index is 8.97. The second kappa shape index (κ2) is 4.98. The maximum absolute atomic E-state index is 8.97. The number of fused-ring (bicyclic) bond motifs is 2. The van der Waals surface area contributed by atoms with Gasteiger partial charge in [-0.2, -0.15) is 5.26 Å². The molecule has 2 heterocycles. The predicted molar refractivity (Wildman–Crippen MR) is 86.4 cm³/mol. The van der Waals surface area contributed by atoms with Gasteiger partial charge in [0.15, 0.2) is 0 Å². The van der Waals surface area contributed by atoms with E-state index in [0.717, 1.165) is 23.9 Å². The molecule has 102 valence electrons. The number of hydrogen-bond acceptors (Lipinski definition) is 2. The highest BCUT2D eigenvalue weighted by molar-refractivity contribution is 8.00. The quantitative estimate of drug-likeness (QED) is 0.706. The van der Waals surface area contributed by atoms with Crippen LogP contribution in [-0.2, 0) is 13.0 Å². The molecule has 4 rings (SSSR count). The molecular formula is C18H14N2S. The lowest BCUT2D eigenvalue weighted by Crippen LogP contribution is -2.11. The molecule has 1 atom stereocenters. The van der Waals surface area contributed by atoms with E-state index in [0.29, 0.717) is 5.25 Å². The second-order valence-electron chi connectivity index (χ2n) is 5.41. The fraction of sp³-hybridized carbons (Fsp3) is 0.167. The van der Waals surface area contributed by atoms with E-state index < -0.39 is 0 Å². The molecule has 3 aromatic rings. The summed E-state index contributed by atoms with van der Waals surface area (Å²) in [5.41, 5.74) is 3.41. The summed E-state index contributed by atoms with van der Waals surface area (Å²) < 4.78 is 2.31. The van der Waals surface area contributed by atoms with E-state index in [1.807, 2.05) is 23.9 Å². The molecule has 0 radical (unpaired) electrons. The Bertz CT molecular complexity index is 832. The van der Waals surface area contributed by atoms with Crippen molar-refractivity contribution in [1.82, 2.24) is 4.57 Å². The average molecular weight is 290 g/mol. The minimum absolute atomic E-state index is 0.591. The van der Waals surface area contributed by atoms with Crippen LogP contribution >= 0.6 is 11.8 Å². The number of benzene rings is 2. The standard InChI is InChI=1S/C18H14N2S/c19-11-13-5-6-17-14(9-13)7-8-20(17)12-16-10-15-3-1-2-4-18(15)21-16/h1-9,16H,10,12H2. The molecular weight excluding hydrogens is 276 g/mol. The molecule has 1 aliphatic rings. The lowest BCUT2D eigenvalue weighted by molar-refractivity contribution is 0.685. The van der Waals surface area contributed by atoms with Crippen LogP contribution in [0.3, 0.4) is 0 Å². The highest BCUT2D eigenvalue weighted by atomic mass is 32.2. The van der Waals surface area contributed by atoms with Crippen LogP contribution in [0.4, 0.5) is 0 Å². The molecule has 0 spiro atoms. The number of aromatic nitrogens is 1. The van der Waals surface area contributed by atoms with Gasteiger partial charge in [0.2, 0.25) is 0 Å². The minimum Gasteiger partial charge on any atom is -0.346 e. The van der Waals surface area contributed by atoms with Crippen LogP contribution in [0.5, 0.6) is 0 Å². The van der Waals surface area contributed by atoms with Crippen LogP contribution in [0.1, 0.15) is 11.1 Å². The van der Waals surface area contributed by atoms with Gasteiger partial charge in [-0.3, -0.25) is 0 Å². The van der Waals surface area contributed by atoms with Crippen molar-refractivity contribution >= 4 is 22.7 Å². The normalized spacial score (nSPS) is 16.8. The van der Waals surface area contributed by atoms with Crippen molar-refractivity contribution in [2.45, 2.75) is 23.1 Å². The number of rotatable bonds is 2. The van der Waals surface area contributed by atoms with Gasteiger partial charge in [0.05, 0.1) is 11.6 Å². The Labute approximate surface area is 128 Å². The predicted octanol–water partition coefficient (Wildman–Crippen LogP) is 4.23. The largest absolute Gasteiger partial charge is 0.346 e. The van der Waals surface area contributed by atoms with E-state index in [1.54, 1.807) is 0 Å². The number of nitrogens with zero attached hydrogens (tertiary/aromatic N) is 2. The zero-order valence-corrected chi connectivity index (χ0v) is 12.3. The Balaban J connectivity index is 1.60. The first-order valence-electron chi connectivity index (χ1n) is 7.07. The van der Waals surface area contributed by atoms with Crippen LogP contribution < -0.4 is 0 Å². The summed E-state index contributed by atoms with van der Waals surface area (Å²) in [5, 5.41) is 10.7. The van der Waals surface area contributed by atoms with Crippen molar-refractivity contribution in [3.05, 3.63) is 65.9 Å². The van der Waals surface area contributed by atoms with E-state index in [1.165, 1.54) is 16.0 Å². The number of hydrogen-bond donors (Lipinski definition) is 0. The van der Waals surface area contributed by atoms with Gasteiger partial charge in [0.25, 0.3) is 0 Å². The minimum atomic E-state index is 0.591. The van der Waals surface area contributed by atoms with Gasteiger partial charge in [-0.1, -0.05) is 18.2 Å². The van der Waals surface area contributed by atoms with Crippen molar-refractivity contribution in [3.63, 3.8) is 0 Å². The summed E-state index contributed by atoms with van der Waals surface area (Å²) in [6.07, 6.45) is 3.27. The summed E-state index contributed by atoms with van der Waals surface area (Å²) in [6, 6.07) is 18.9. The SMILES string of the molecule is N#Cc1ccc2c(ccn2CC2Cc3ccccc3S2)c1. The van der Waals surface area contributed by atoms with Crippen LogP contribution in [0.25, 0.3) is 10.9 Å². The second-order valence-corrected chi connectivity index (χ2v) is 6.75. The van der Waals surface area contributed by atoms with Gasteiger partial charge in [0.1, 0.15) is 0 Å². The maximum Gasteiger partial charge on any atom is 0.0991 e. The molecule has 0 amide bonds. The van der Waals surface area contributed by atoms with Crippen molar-refractivity contribution in [2.75, 3.05) is 0 Å². The third kappa shape index (κ3) is 2.22. The Morgan fingerprint density at radius 3 is 2.95 bits per heavy atom. The first-order chi connectivity index (χ1) is 10.3. The monoisotopic (exact) mass is 290 g/mol. The fourth-order valence-electron chi connectivity index (χ4n) is 3.00. The Morgan fingerprint density at radius 1 is 1.19 bits per heavy atom. The van der Waals surface area contributed by atoms with Crippen LogP contribution in [0.15, 0.2) is 59.6 Å². The van der Waals surface area contributed by atoms with Crippen LogP contribution in [0.2, 0.25) is 0 Å². The average Bonchev–Trinajstić information content (AvgIpc) is 3.10. The topological polar surface area (TPSA) is 28.7 Å². The fourth-order valence-corrected chi connectivity index (χ4v) is 4.32. The summed E-state index contributed by atoms with van der Waals surface area (Å²) >= 11 is 1.98. The highest BCUT2D eigenvalue weighted by Gasteiger charge is 2.22. The van der Waals surface area contributed by atoms with Gasteiger partial charge in [0, 0.05) is 33.8 Å². The van der Waals surface area contributed by atoms with Crippen molar-refractivity contribution in [2.24, 2.45) is 0 Å². The molecule has 1 unspecified atom stereocenters. The molecule has 0 saturated carbocycles. The summed E-state index contributed by atoms with van der Waals surface area (Å²) in [6.45, 7) is 1.01. The molecule has 2 nitrogen and oxygen atoms in total. The third-order valence-corrected chi connectivity index (χ3v) is 5.32. The van der Waals surface area contributed by atoms with E-state index in [9.17, 15) is 0 Å². The molecule has 0 aliphatic carbocycles. The van der Waals surface area contributed by atoms with E-state index in [4.69, 9.17) is 5.26 Å². The van der Waals surface area contributed by atoms with E-state index in [2.05, 4.69) is 53.2 Å². The van der Waals surface area contributed by atoms with E-state index in [-0.39, 0.29) is 0 Å². The Morgan fingerprint density at radius 2 is 2.10 bits per heavy atom. The highest BCUT2D eigenvalue weighted by Crippen LogP contribution is 2.37. The molecule has 0 fully saturated rings. The number of nitriles is 1. The Hall–Kier alpha value is -2.18. The molecule has 0 saturated heterocycles. The van der Waals surface area contributed by atoms with Crippen molar-refractivity contribution in [3.8, 4) is 6.07 Å². The van der Waals surface area contributed by atoms with Crippen LogP contribution in [-0.4, -0.2) is 9.82 Å². The molecule has 2 aromatic carbocycles. The van der Waals surface area contributed by atoms with Gasteiger partial charge < -0.3 is 4.57 Å². The molecule has 1 aromatic heterocycles. The van der Waals surface area contributed by atoms with E-state index >= 15 is 0 Å². The first-order valence-corrected chi connectivity index (χ1v) is 7.95. The van der Waals surface area contributed by atoms with Gasteiger partial charge in [-0.05, 0) is 42.3 Å². The molecule has 0 N–H and O–H groups in total. The lowest BCUT2D eigenvalue weighted by atomic mass is 10.1. The Kier molecular flexibility index (Phi) is 2.98. The molecule has 0 bridgehead atoms. The van der Waals surface area contributed by atoms with Crippen molar-refractivity contribution in [1.29, 1.82) is 5.26 Å². The van der Waals surface area contributed by atoms with Gasteiger partial charge in [-0.25, -0.2) is 0 Å². The summed E-state index contributed by atoms with van der Waals surface area (Å²) in [7, 11) is 0. The summed E-state index contributed by atoms with van der Waals surface area (Å²) in [5.74, 6) is 0. The smallest absolute Gasteiger partial charge is 0.0991 e. The molecule has 21 heavy (non-hydrogen) atoms. The van der Waals surface area contributed by atoms with Gasteiger partial charge in [-0.15, -0.1) is 11.8 Å². The zero-order chi connectivity index (χ0) is 14.2. The lowest BCUT2D eigenvalue weighted by Gasteiger charge is -2.11. The third-order valence-electron chi connectivity index (χ3n) is 4.01. The van der Waals surface area contributed by atoms with Gasteiger partial charge >= 0.3 is 0 Å². The van der Waals surface area contributed by atoms with Crippen molar-refractivity contribution < 1.29 is 0 Å². The first kappa shape index (κ1) is 12.6. The van der Waals surface area contributed by atoms with Crippen LogP contribution in [0, 0.1) is 11.3 Å². The summed E-state index contributed by atoms with van der Waals surface area (Å²) in [4.78, 5) is 1.42. The molecule has 1 aliphatic heterocycles.